The number of nitrogens with one attached hydrogen (secondary N) is 2. The average molecular weight is 332 g/mol. The van der Waals surface area contributed by atoms with Crippen LogP contribution >= 0.6 is 0 Å². The molecule has 1 aromatic carbocycles. The molecule has 0 aliphatic heterocycles. The minimum atomic E-state index is -0.493. The van der Waals surface area contributed by atoms with Gasteiger partial charge in [-0.3, -0.25) is 14.7 Å². The van der Waals surface area contributed by atoms with Gasteiger partial charge in [-0.1, -0.05) is 0 Å². The van der Waals surface area contributed by atoms with Gasteiger partial charge < -0.3 is 4.98 Å². The summed E-state index contributed by atoms with van der Waals surface area (Å²) in [7, 11) is 0. The predicted molar refractivity (Wildman–Crippen MR) is 91.4 cm³/mol. The minimum absolute atomic E-state index is 0.00393. The fourth-order valence-electron chi connectivity index (χ4n) is 2.73. The number of aryl methyl sites for hydroxylation is 2. The van der Waals surface area contributed by atoms with E-state index in [1.54, 1.807) is 0 Å². The minimum Gasteiger partial charge on any atom is -0.319 e. The number of aromatic nitrogens is 5. The number of benzene rings is 1. The highest BCUT2D eigenvalue weighted by molar-refractivity contribution is 5.78. The molecule has 3 heterocycles. The molecular weight excluding hydrogens is 320 g/mol. The van der Waals surface area contributed by atoms with Gasteiger partial charge in [0, 0.05) is 12.4 Å². The Balaban J connectivity index is 2.03. The third-order valence-corrected chi connectivity index (χ3v) is 4.22. The Morgan fingerprint density at radius 1 is 1.20 bits per heavy atom. The average Bonchev–Trinajstić information content (AvgIpc) is 3.01. The molecule has 8 nitrogen and oxygen atoms in total. The standard InChI is InChI=1S/C17H12N6O2/c1-8-3-12-13(4-9(8)2)22-16(24)14(21-12)11-7-19-15-10(5-18)6-20-23(15)17(11)25/h3-4,6-7,20H,1-2H3,(H,22,24). The Kier molecular flexibility index (Phi) is 3.05. The van der Waals surface area contributed by atoms with Crippen molar-refractivity contribution in [3.05, 3.63) is 61.9 Å². The van der Waals surface area contributed by atoms with E-state index in [9.17, 15) is 9.59 Å². The summed E-state index contributed by atoms with van der Waals surface area (Å²) in [6.45, 7) is 3.90. The van der Waals surface area contributed by atoms with E-state index in [1.807, 2.05) is 32.0 Å². The van der Waals surface area contributed by atoms with Crippen LogP contribution in [0.1, 0.15) is 16.7 Å². The van der Waals surface area contributed by atoms with Gasteiger partial charge in [0.15, 0.2) is 5.65 Å². The van der Waals surface area contributed by atoms with Crippen molar-refractivity contribution < 1.29 is 0 Å². The zero-order valence-electron chi connectivity index (χ0n) is 13.4. The van der Waals surface area contributed by atoms with Crippen LogP contribution in [0.15, 0.2) is 34.1 Å². The second kappa shape index (κ2) is 5.14. The summed E-state index contributed by atoms with van der Waals surface area (Å²) in [5.74, 6) is 0. The lowest BCUT2D eigenvalue weighted by atomic mass is 10.1. The van der Waals surface area contributed by atoms with Gasteiger partial charge in [-0.2, -0.15) is 9.78 Å². The van der Waals surface area contributed by atoms with Crippen LogP contribution in [0, 0.1) is 25.2 Å². The molecule has 0 spiro atoms. The normalized spacial score (nSPS) is 11.1. The Labute approximate surface area is 140 Å². The van der Waals surface area contributed by atoms with Crippen molar-refractivity contribution in [2.75, 3.05) is 0 Å². The molecule has 4 rings (SSSR count). The number of hydrogen-bond donors (Lipinski definition) is 2. The van der Waals surface area contributed by atoms with Crippen molar-refractivity contribution in [2.45, 2.75) is 13.8 Å². The monoisotopic (exact) mass is 332 g/mol. The van der Waals surface area contributed by atoms with Crippen LogP contribution in [0.3, 0.4) is 0 Å². The van der Waals surface area contributed by atoms with Crippen LogP contribution in [0.4, 0.5) is 0 Å². The maximum atomic E-state index is 12.7. The quantitative estimate of drug-likeness (QED) is 0.546. The number of nitriles is 1. The second-order valence-corrected chi connectivity index (χ2v) is 5.80. The van der Waals surface area contributed by atoms with Crippen LogP contribution in [0.2, 0.25) is 0 Å². The first kappa shape index (κ1) is 14.8. The van der Waals surface area contributed by atoms with E-state index in [1.165, 1.54) is 12.4 Å². The molecule has 2 N–H and O–H groups in total. The Morgan fingerprint density at radius 3 is 2.72 bits per heavy atom. The van der Waals surface area contributed by atoms with Crippen molar-refractivity contribution in [1.29, 1.82) is 5.26 Å². The topological polar surface area (TPSA) is 120 Å². The molecule has 122 valence electrons. The maximum Gasteiger partial charge on any atom is 0.282 e. The molecule has 0 saturated heterocycles. The summed E-state index contributed by atoms with van der Waals surface area (Å²) < 4.78 is 1.12. The molecule has 0 saturated carbocycles. The molecule has 3 aromatic heterocycles. The molecular formula is C17H12N6O2. The van der Waals surface area contributed by atoms with E-state index in [2.05, 4.69) is 20.1 Å². The fraction of sp³-hybridized carbons (Fsp3) is 0.118. The lowest BCUT2D eigenvalue weighted by molar-refractivity contribution is 0.899. The van der Waals surface area contributed by atoms with Gasteiger partial charge in [0.25, 0.3) is 11.1 Å². The lowest BCUT2D eigenvalue weighted by Crippen LogP contribution is -2.22. The number of aromatic amines is 2. The summed E-state index contributed by atoms with van der Waals surface area (Å²) in [6.07, 6.45) is 2.66. The molecule has 25 heavy (non-hydrogen) atoms. The lowest BCUT2D eigenvalue weighted by Gasteiger charge is -2.05. The Bertz CT molecular complexity index is 1320. The van der Waals surface area contributed by atoms with Gasteiger partial charge in [-0.25, -0.2) is 9.97 Å². The summed E-state index contributed by atoms with van der Waals surface area (Å²) in [5, 5.41) is 11.7. The summed E-state index contributed by atoms with van der Waals surface area (Å²) in [6, 6.07) is 5.65. The molecule has 8 heteroatoms. The Morgan fingerprint density at radius 2 is 1.96 bits per heavy atom. The predicted octanol–water partition coefficient (Wildman–Crippen LogP) is 1.41. The third-order valence-electron chi connectivity index (χ3n) is 4.22. The largest absolute Gasteiger partial charge is 0.319 e. The number of hydrogen-bond acceptors (Lipinski definition) is 5. The van der Waals surface area contributed by atoms with Gasteiger partial charge in [0.05, 0.1) is 16.6 Å². The highest BCUT2D eigenvalue weighted by atomic mass is 16.1. The molecule has 0 radical (unpaired) electrons. The summed E-state index contributed by atoms with van der Waals surface area (Å²) >= 11 is 0. The van der Waals surface area contributed by atoms with Crippen LogP contribution < -0.4 is 11.1 Å². The molecule has 0 fully saturated rings. The highest BCUT2D eigenvalue weighted by Gasteiger charge is 2.16. The fourth-order valence-corrected chi connectivity index (χ4v) is 2.73. The van der Waals surface area contributed by atoms with Crippen LogP contribution in [0.25, 0.3) is 27.9 Å². The maximum absolute atomic E-state index is 12.7. The summed E-state index contributed by atoms with van der Waals surface area (Å²) in [5.41, 5.74) is 2.82. The number of rotatable bonds is 1. The number of fused-ring (bicyclic) bond motifs is 2. The zero-order chi connectivity index (χ0) is 17.7. The molecule has 0 atom stereocenters. The first-order valence-corrected chi connectivity index (χ1v) is 7.50. The van der Waals surface area contributed by atoms with Gasteiger partial charge in [0.2, 0.25) is 0 Å². The first-order chi connectivity index (χ1) is 12.0. The Hall–Kier alpha value is -3.73. The van der Waals surface area contributed by atoms with Crippen LogP contribution in [-0.4, -0.2) is 24.6 Å². The van der Waals surface area contributed by atoms with E-state index in [4.69, 9.17) is 5.26 Å². The number of nitrogens with zero attached hydrogens (tertiary/aromatic N) is 4. The van der Waals surface area contributed by atoms with Crippen LogP contribution in [0.5, 0.6) is 0 Å². The highest BCUT2D eigenvalue weighted by Crippen LogP contribution is 2.17. The van der Waals surface area contributed by atoms with E-state index >= 15 is 0 Å². The molecule has 0 aliphatic rings. The van der Waals surface area contributed by atoms with Crippen molar-refractivity contribution in [3.63, 3.8) is 0 Å². The van der Waals surface area contributed by atoms with E-state index < -0.39 is 11.1 Å². The van der Waals surface area contributed by atoms with Crippen molar-refractivity contribution in [3.8, 4) is 17.3 Å². The zero-order valence-corrected chi connectivity index (χ0v) is 13.4. The number of H-pyrrole nitrogens is 2. The van der Waals surface area contributed by atoms with Crippen molar-refractivity contribution in [1.82, 2.24) is 24.6 Å². The van der Waals surface area contributed by atoms with Gasteiger partial charge in [0.1, 0.15) is 17.3 Å². The van der Waals surface area contributed by atoms with Gasteiger partial charge >= 0.3 is 0 Å². The SMILES string of the molecule is Cc1cc2nc(-c3cnc4c(C#N)c[nH]n4c3=O)c(=O)[nH]c2cc1C. The molecule has 0 unspecified atom stereocenters. The molecule has 4 aromatic rings. The molecule has 0 bridgehead atoms. The third kappa shape index (κ3) is 2.14. The first-order valence-electron chi connectivity index (χ1n) is 7.50. The summed E-state index contributed by atoms with van der Waals surface area (Å²) in [4.78, 5) is 36.3. The second-order valence-electron chi connectivity index (χ2n) is 5.80. The molecule has 0 amide bonds. The van der Waals surface area contributed by atoms with E-state index in [-0.39, 0.29) is 22.5 Å². The van der Waals surface area contributed by atoms with Gasteiger partial charge in [-0.05, 0) is 37.1 Å². The smallest absolute Gasteiger partial charge is 0.282 e. The van der Waals surface area contributed by atoms with Crippen LogP contribution in [-0.2, 0) is 0 Å². The van der Waals surface area contributed by atoms with Crippen molar-refractivity contribution in [2.24, 2.45) is 0 Å². The van der Waals surface area contributed by atoms with E-state index in [0.717, 1.165) is 15.6 Å². The molecule has 0 aliphatic carbocycles. The van der Waals surface area contributed by atoms with Gasteiger partial charge in [-0.15, -0.1) is 0 Å². The van der Waals surface area contributed by atoms with E-state index in [0.29, 0.717) is 11.0 Å². The van der Waals surface area contributed by atoms with Crippen molar-refractivity contribution >= 4 is 16.7 Å².